The van der Waals surface area contributed by atoms with Gasteiger partial charge in [-0.05, 0) is 12.1 Å². The van der Waals surface area contributed by atoms with Crippen molar-refractivity contribution < 1.29 is 9.53 Å². The summed E-state index contributed by atoms with van der Waals surface area (Å²) in [7, 11) is 1.61. The van der Waals surface area contributed by atoms with E-state index in [2.05, 4.69) is 10.3 Å². The number of ether oxygens (including phenoxy) is 1. The molecule has 2 amide bonds. The molecule has 1 N–H and O–H groups in total. The summed E-state index contributed by atoms with van der Waals surface area (Å²) in [6.45, 7) is 1.59. The molecule has 0 radical (unpaired) electrons. The van der Waals surface area contributed by atoms with Crippen LogP contribution in [-0.2, 0) is 0 Å². The van der Waals surface area contributed by atoms with E-state index in [-0.39, 0.29) is 6.03 Å². The molecule has 0 atom stereocenters. The highest BCUT2D eigenvalue weighted by molar-refractivity contribution is 7.99. The second kappa shape index (κ2) is 6.22. The molecule has 2 aromatic rings. The summed E-state index contributed by atoms with van der Waals surface area (Å²) in [5.74, 6) is 2.66. The number of methoxy groups -OCH3 is 1. The fourth-order valence-electron chi connectivity index (χ4n) is 2.36. The average Bonchev–Trinajstić information content (AvgIpc) is 2.55. The van der Waals surface area contributed by atoms with Gasteiger partial charge in [0.25, 0.3) is 0 Å². The Morgan fingerprint density at radius 3 is 2.95 bits per heavy atom. The van der Waals surface area contributed by atoms with E-state index >= 15 is 0 Å². The summed E-state index contributed by atoms with van der Waals surface area (Å²) in [6, 6.07) is 7.50. The molecule has 1 aromatic carbocycles. The number of thioether (sulfide) groups is 1. The quantitative estimate of drug-likeness (QED) is 0.927. The van der Waals surface area contributed by atoms with Gasteiger partial charge >= 0.3 is 6.03 Å². The van der Waals surface area contributed by atoms with Gasteiger partial charge in [0.2, 0.25) is 0 Å². The Hall–Kier alpha value is -1.95. The van der Waals surface area contributed by atoms with Gasteiger partial charge in [-0.15, -0.1) is 0 Å². The van der Waals surface area contributed by atoms with Gasteiger partial charge in [0.15, 0.2) is 0 Å². The third-order valence-corrected chi connectivity index (χ3v) is 4.38. The van der Waals surface area contributed by atoms with Gasteiger partial charge < -0.3 is 15.0 Å². The van der Waals surface area contributed by atoms with Crippen LogP contribution >= 0.6 is 11.8 Å². The van der Waals surface area contributed by atoms with Crippen LogP contribution in [0.5, 0.6) is 5.75 Å². The summed E-state index contributed by atoms with van der Waals surface area (Å²) in [6.07, 6.45) is 1.73. The number of fused-ring (bicyclic) bond motifs is 1. The molecule has 2 heterocycles. The minimum atomic E-state index is -0.0550. The fraction of sp³-hybridized carbons (Fsp3) is 0.333. The zero-order chi connectivity index (χ0) is 14.7. The van der Waals surface area contributed by atoms with E-state index in [0.717, 1.165) is 41.2 Å². The standard InChI is InChI=1S/C15H17N3O2S/c1-20-13-10-12(9-11-3-2-4-16-14(11)13)17-15(19)18-5-7-21-8-6-18/h2-4,9-10H,5-8H2,1H3,(H,17,19). The lowest BCUT2D eigenvalue weighted by Gasteiger charge is -2.26. The van der Waals surface area contributed by atoms with Gasteiger partial charge in [0, 0.05) is 47.9 Å². The molecule has 3 rings (SSSR count). The topological polar surface area (TPSA) is 54.5 Å². The number of benzene rings is 1. The molecule has 1 aliphatic rings. The Kier molecular flexibility index (Phi) is 4.15. The Morgan fingerprint density at radius 2 is 2.19 bits per heavy atom. The van der Waals surface area contributed by atoms with Crippen LogP contribution in [0.4, 0.5) is 10.5 Å². The van der Waals surface area contributed by atoms with Gasteiger partial charge in [-0.3, -0.25) is 4.98 Å². The average molecular weight is 303 g/mol. The van der Waals surface area contributed by atoms with E-state index in [0.29, 0.717) is 5.75 Å². The highest BCUT2D eigenvalue weighted by Gasteiger charge is 2.17. The third kappa shape index (κ3) is 3.05. The SMILES string of the molecule is COc1cc(NC(=O)N2CCSCC2)cc2cccnc12. The number of carbonyl (C=O) groups is 1. The van der Waals surface area contributed by atoms with Crippen molar-refractivity contribution in [3.05, 3.63) is 30.5 Å². The van der Waals surface area contributed by atoms with Crippen LogP contribution in [0.25, 0.3) is 10.9 Å². The molecule has 1 saturated heterocycles. The predicted molar refractivity (Wildman–Crippen MR) is 86.2 cm³/mol. The Morgan fingerprint density at radius 1 is 1.38 bits per heavy atom. The Labute approximate surface area is 127 Å². The largest absolute Gasteiger partial charge is 0.494 e. The van der Waals surface area contributed by atoms with E-state index in [9.17, 15) is 4.79 Å². The predicted octanol–water partition coefficient (Wildman–Crippen LogP) is 2.82. The molecule has 110 valence electrons. The van der Waals surface area contributed by atoms with Crippen LogP contribution in [0, 0.1) is 0 Å². The maximum Gasteiger partial charge on any atom is 0.321 e. The van der Waals surface area contributed by atoms with Crippen molar-refractivity contribution in [3.63, 3.8) is 0 Å². The molecule has 5 nitrogen and oxygen atoms in total. The summed E-state index contributed by atoms with van der Waals surface area (Å²) < 4.78 is 5.36. The second-order valence-corrected chi connectivity index (χ2v) is 6.01. The van der Waals surface area contributed by atoms with Crippen molar-refractivity contribution in [2.24, 2.45) is 0 Å². The number of anilines is 1. The van der Waals surface area contributed by atoms with Gasteiger partial charge in [-0.25, -0.2) is 4.79 Å². The number of urea groups is 1. The molecule has 0 aliphatic carbocycles. The van der Waals surface area contributed by atoms with Crippen molar-refractivity contribution in [2.45, 2.75) is 0 Å². The number of hydrogen-bond acceptors (Lipinski definition) is 4. The molecule has 6 heteroatoms. The normalized spacial score (nSPS) is 15.0. The molecule has 0 bridgehead atoms. The van der Waals surface area contributed by atoms with Crippen molar-refractivity contribution in [2.75, 3.05) is 37.0 Å². The summed E-state index contributed by atoms with van der Waals surface area (Å²) in [5.41, 5.74) is 1.53. The van der Waals surface area contributed by atoms with Crippen LogP contribution < -0.4 is 10.1 Å². The second-order valence-electron chi connectivity index (χ2n) is 4.78. The van der Waals surface area contributed by atoms with Crippen LogP contribution in [0.2, 0.25) is 0 Å². The molecule has 0 saturated carbocycles. The summed E-state index contributed by atoms with van der Waals surface area (Å²) >= 11 is 1.88. The molecule has 0 spiro atoms. The number of carbonyl (C=O) groups excluding carboxylic acids is 1. The first-order valence-electron chi connectivity index (χ1n) is 6.84. The van der Waals surface area contributed by atoms with Crippen molar-refractivity contribution in [1.82, 2.24) is 9.88 Å². The van der Waals surface area contributed by atoms with E-state index in [1.807, 2.05) is 40.9 Å². The summed E-state index contributed by atoms with van der Waals surface area (Å²) in [4.78, 5) is 18.4. The van der Waals surface area contributed by atoms with Gasteiger partial charge in [-0.2, -0.15) is 11.8 Å². The number of amides is 2. The minimum Gasteiger partial charge on any atom is -0.494 e. The first kappa shape index (κ1) is 14.0. The van der Waals surface area contributed by atoms with E-state index < -0.39 is 0 Å². The molecular weight excluding hydrogens is 286 g/mol. The Bertz CT molecular complexity index is 656. The minimum absolute atomic E-state index is 0.0550. The maximum absolute atomic E-state index is 12.3. The zero-order valence-corrected chi connectivity index (χ0v) is 12.7. The first-order valence-corrected chi connectivity index (χ1v) is 8.00. The molecule has 21 heavy (non-hydrogen) atoms. The third-order valence-electron chi connectivity index (χ3n) is 3.44. The number of rotatable bonds is 2. The van der Waals surface area contributed by atoms with Crippen LogP contribution in [-0.4, -0.2) is 47.6 Å². The molecule has 0 unspecified atom stereocenters. The van der Waals surface area contributed by atoms with E-state index in [1.54, 1.807) is 13.3 Å². The highest BCUT2D eigenvalue weighted by Crippen LogP contribution is 2.28. The van der Waals surface area contributed by atoms with E-state index in [4.69, 9.17) is 4.74 Å². The molecule has 1 aromatic heterocycles. The number of nitrogens with zero attached hydrogens (tertiary/aromatic N) is 2. The van der Waals surface area contributed by atoms with Crippen LogP contribution in [0.15, 0.2) is 30.5 Å². The number of hydrogen-bond donors (Lipinski definition) is 1. The number of aromatic nitrogens is 1. The van der Waals surface area contributed by atoms with Crippen LogP contribution in [0.3, 0.4) is 0 Å². The molecule has 1 fully saturated rings. The smallest absolute Gasteiger partial charge is 0.321 e. The summed E-state index contributed by atoms with van der Waals surface area (Å²) in [5, 5.41) is 3.89. The number of nitrogens with one attached hydrogen (secondary N) is 1. The Balaban J connectivity index is 1.84. The molecule has 1 aliphatic heterocycles. The lowest BCUT2D eigenvalue weighted by molar-refractivity contribution is 0.217. The van der Waals surface area contributed by atoms with Gasteiger partial charge in [-0.1, -0.05) is 6.07 Å². The first-order chi connectivity index (χ1) is 10.3. The molecular formula is C15H17N3O2S. The lowest BCUT2D eigenvalue weighted by atomic mass is 10.2. The van der Waals surface area contributed by atoms with Gasteiger partial charge in [0.1, 0.15) is 11.3 Å². The van der Waals surface area contributed by atoms with Crippen LogP contribution in [0.1, 0.15) is 0 Å². The van der Waals surface area contributed by atoms with Crippen molar-refractivity contribution in [1.29, 1.82) is 0 Å². The zero-order valence-electron chi connectivity index (χ0n) is 11.8. The maximum atomic E-state index is 12.3. The monoisotopic (exact) mass is 303 g/mol. The van der Waals surface area contributed by atoms with Crippen molar-refractivity contribution >= 4 is 34.4 Å². The lowest BCUT2D eigenvalue weighted by Crippen LogP contribution is -2.40. The van der Waals surface area contributed by atoms with E-state index in [1.165, 1.54) is 0 Å². The highest BCUT2D eigenvalue weighted by atomic mass is 32.2. The van der Waals surface area contributed by atoms with Gasteiger partial charge in [0.05, 0.1) is 7.11 Å². The fourth-order valence-corrected chi connectivity index (χ4v) is 3.26. The van der Waals surface area contributed by atoms with Crippen molar-refractivity contribution in [3.8, 4) is 5.75 Å². The number of pyridine rings is 1.